The van der Waals surface area contributed by atoms with Crippen LogP contribution in [0.5, 0.6) is 0 Å². The summed E-state index contributed by atoms with van der Waals surface area (Å²) in [4.78, 5) is 2.45. The molecule has 0 radical (unpaired) electrons. The van der Waals surface area contributed by atoms with Crippen molar-refractivity contribution < 1.29 is 0 Å². The molecule has 2 heteroatoms. The summed E-state index contributed by atoms with van der Waals surface area (Å²) in [5, 5.41) is 3.17. The number of hydrogen-bond acceptors (Lipinski definition) is 2. The average molecular weight is 172 g/mol. The first-order valence-electron chi connectivity index (χ1n) is 5.07. The molecule has 1 atom stereocenters. The average Bonchev–Trinajstić information content (AvgIpc) is 2.05. The van der Waals surface area contributed by atoms with Gasteiger partial charge in [0.15, 0.2) is 0 Å². The maximum atomic E-state index is 3.17. The van der Waals surface area contributed by atoms with Crippen molar-refractivity contribution in [3.8, 4) is 0 Å². The molecule has 12 heavy (non-hydrogen) atoms. The van der Waals surface area contributed by atoms with Crippen molar-refractivity contribution >= 4 is 0 Å². The molecular formula is C10H24N2. The maximum Gasteiger partial charge on any atom is 0.00637 e. The van der Waals surface area contributed by atoms with Crippen LogP contribution in [0.1, 0.15) is 33.1 Å². The molecular weight excluding hydrogens is 148 g/mol. The van der Waals surface area contributed by atoms with Gasteiger partial charge in [0.1, 0.15) is 0 Å². The molecule has 1 N–H and O–H groups in total. The third-order valence-electron chi connectivity index (χ3n) is 2.40. The molecule has 0 bridgehead atoms. The minimum Gasteiger partial charge on any atom is -0.320 e. The first-order valence-corrected chi connectivity index (χ1v) is 5.07. The Kier molecular flexibility index (Phi) is 7.51. The Hall–Kier alpha value is -0.0800. The van der Waals surface area contributed by atoms with Crippen LogP contribution in [0.15, 0.2) is 0 Å². The molecule has 0 saturated carbocycles. The lowest BCUT2D eigenvalue weighted by Gasteiger charge is -2.24. The van der Waals surface area contributed by atoms with Crippen molar-refractivity contribution in [2.75, 3.05) is 27.2 Å². The minimum absolute atomic E-state index is 0.742. The Bertz CT molecular complexity index is 93.8. The quantitative estimate of drug-likeness (QED) is 0.588. The molecule has 0 aliphatic heterocycles. The lowest BCUT2D eigenvalue weighted by Crippen LogP contribution is -2.31. The second kappa shape index (κ2) is 7.56. The van der Waals surface area contributed by atoms with Crippen LogP contribution in [0.3, 0.4) is 0 Å². The summed E-state index contributed by atoms with van der Waals surface area (Å²) in [6, 6.07) is 0.742. The van der Waals surface area contributed by atoms with Crippen molar-refractivity contribution in [1.29, 1.82) is 0 Å². The lowest BCUT2D eigenvalue weighted by molar-refractivity contribution is 0.242. The van der Waals surface area contributed by atoms with Gasteiger partial charge in [-0.15, -0.1) is 0 Å². The summed E-state index contributed by atoms with van der Waals surface area (Å²) in [6.45, 7) is 6.89. The number of nitrogens with zero attached hydrogens (tertiary/aromatic N) is 1. The van der Waals surface area contributed by atoms with Gasteiger partial charge in [-0.05, 0) is 47.0 Å². The highest BCUT2D eigenvalue weighted by Gasteiger charge is 2.06. The van der Waals surface area contributed by atoms with Crippen molar-refractivity contribution in [3.63, 3.8) is 0 Å². The normalized spacial score (nSPS) is 13.8. The van der Waals surface area contributed by atoms with Crippen molar-refractivity contribution in [2.45, 2.75) is 39.2 Å². The van der Waals surface area contributed by atoms with Crippen LogP contribution in [0.25, 0.3) is 0 Å². The maximum absolute atomic E-state index is 3.17. The molecule has 0 saturated heterocycles. The predicted octanol–water partition coefficient (Wildman–Crippen LogP) is 1.72. The molecule has 74 valence electrons. The zero-order valence-corrected chi connectivity index (χ0v) is 9.06. The summed E-state index contributed by atoms with van der Waals surface area (Å²) in [5.41, 5.74) is 0. The first kappa shape index (κ1) is 11.9. The third kappa shape index (κ3) is 5.56. The van der Waals surface area contributed by atoms with Crippen molar-refractivity contribution in [2.24, 2.45) is 0 Å². The highest BCUT2D eigenvalue weighted by Crippen LogP contribution is 2.03. The molecule has 0 aliphatic rings. The Labute approximate surface area is 77.3 Å². The van der Waals surface area contributed by atoms with E-state index in [9.17, 15) is 0 Å². The smallest absolute Gasteiger partial charge is 0.00637 e. The van der Waals surface area contributed by atoms with E-state index in [1.807, 2.05) is 7.05 Å². The Morgan fingerprint density at radius 2 is 2.08 bits per heavy atom. The summed E-state index contributed by atoms with van der Waals surface area (Å²) in [5.74, 6) is 0. The molecule has 0 aliphatic carbocycles. The molecule has 0 amide bonds. The van der Waals surface area contributed by atoms with Crippen LogP contribution in [0.2, 0.25) is 0 Å². The minimum atomic E-state index is 0.742. The molecule has 0 spiro atoms. The molecule has 0 aromatic rings. The monoisotopic (exact) mass is 172 g/mol. The predicted molar refractivity (Wildman–Crippen MR) is 55.5 cm³/mol. The van der Waals surface area contributed by atoms with E-state index in [-0.39, 0.29) is 0 Å². The fourth-order valence-corrected chi connectivity index (χ4v) is 1.36. The number of rotatable bonds is 7. The standard InChI is InChI=1S/C10H24N2/c1-5-7-10(2)12(4)9-6-8-11-3/h10-11H,5-9H2,1-4H3. The summed E-state index contributed by atoms with van der Waals surface area (Å²) < 4.78 is 0. The summed E-state index contributed by atoms with van der Waals surface area (Å²) >= 11 is 0. The van der Waals surface area contributed by atoms with E-state index >= 15 is 0 Å². The van der Waals surface area contributed by atoms with Crippen LogP contribution < -0.4 is 5.32 Å². The zero-order valence-electron chi connectivity index (χ0n) is 9.06. The second-order valence-corrected chi connectivity index (χ2v) is 3.58. The molecule has 0 aromatic heterocycles. The van der Waals surface area contributed by atoms with E-state index in [4.69, 9.17) is 0 Å². The van der Waals surface area contributed by atoms with Crippen LogP contribution in [-0.4, -0.2) is 38.1 Å². The molecule has 2 nitrogen and oxygen atoms in total. The van der Waals surface area contributed by atoms with Gasteiger partial charge in [-0.25, -0.2) is 0 Å². The molecule has 0 rings (SSSR count). The topological polar surface area (TPSA) is 15.3 Å². The van der Waals surface area contributed by atoms with Gasteiger partial charge >= 0.3 is 0 Å². The number of nitrogens with one attached hydrogen (secondary N) is 1. The van der Waals surface area contributed by atoms with Crippen molar-refractivity contribution in [1.82, 2.24) is 10.2 Å². The van der Waals surface area contributed by atoms with Gasteiger partial charge < -0.3 is 10.2 Å². The van der Waals surface area contributed by atoms with Crippen LogP contribution in [0.4, 0.5) is 0 Å². The van der Waals surface area contributed by atoms with E-state index in [1.54, 1.807) is 0 Å². The van der Waals surface area contributed by atoms with Crippen LogP contribution >= 0.6 is 0 Å². The summed E-state index contributed by atoms with van der Waals surface area (Å²) in [6.07, 6.45) is 3.86. The fraction of sp³-hybridized carbons (Fsp3) is 1.00. The molecule has 1 unspecified atom stereocenters. The highest BCUT2D eigenvalue weighted by atomic mass is 15.1. The van der Waals surface area contributed by atoms with Crippen molar-refractivity contribution in [3.05, 3.63) is 0 Å². The molecule has 0 aromatic carbocycles. The summed E-state index contributed by atoms with van der Waals surface area (Å²) in [7, 11) is 4.23. The van der Waals surface area contributed by atoms with Gasteiger partial charge in [-0.1, -0.05) is 13.3 Å². The van der Waals surface area contributed by atoms with Gasteiger partial charge in [0, 0.05) is 6.04 Å². The first-order chi connectivity index (χ1) is 5.72. The Balaban J connectivity index is 3.35. The third-order valence-corrected chi connectivity index (χ3v) is 2.40. The zero-order chi connectivity index (χ0) is 9.40. The van der Waals surface area contributed by atoms with E-state index in [1.165, 1.54) is 25.8 Å². The van der Waals surface area contributed by atoms with Gasteiger partial charge in [0.2, 0.25) is 0 Å². The van der Waals surface area contributed by atoms with E-state index < -0.39 is 0 Å². The molecule has 0 fully saturated rings. The second-order valence-electron chi connectivity index (χ2n) is 3.58. The Morgan fingerprint density at radius 1 is 1.42 bits per heavy atom. The van der Waals surface area contributed by atoms with Gasteiger partial charge in [0.05, 0.1) is 0 Å². The van der Waals surface area contributed by atoms with Gasteiger partial charge in [-0.3, -0.25) is 0 Å². The SMILES string of the molecule is CCCC(C)N(C)CCCNC. The lowest BCUT2D eigenvalue weighted by atomic mass is 10.1. The van der Waals surface area contributed by atoms with Crippen LogP contribution in [0, 0.1) is 0 Å². The molecule has 0 heterocycles. The van der Waals surface area contributed by atoms with Gasteiger partial charge in [0.25, 0.3) is 0 Å². The Morgan fingerprint density at radius 3 is 2.58 bits per heavy atom. The van der Waals surface area contributed by atoms with E-state index in [0.717, 1.165) is 12.6 Å². The number of hydrogen-bond donors (Lipinski definition) is 1. The van der Waals surface area contributed by atoms with Gasteiger partial charge in [-0.2, -0.15) is 0 Å². The fourth-order valence-electron chi connectivity index (χ4n) is 1.36. The van der Waals surface area contributed by atoms with E-state index in [2.05, 4.69) is 31.1 Å². The largest absolute Gasteiger partial charge is 0.320 e. The highest BCUT2D eigenvalue weighted by molar-refractivity contribution is 4.62. The van der Waals surface area contributed by atoms with Crippen LogP contribution in [-0.2, 0) is 0 Å². The van der Waals surface area contributed by atoms with E-state index in [0.29, 0.717) is 0 Å².